The highest BCUT2D eigenvalue weighted by Crippen LogP contribution is 2.25. The Kier molecular flexibility index (Phi) is 4.21. The Morgan fingerprint density at radius 1 is 1.38 bits per heavy atom. The zero-order valence-electron chi connectivity index (χ0n) is 12.4. The zero-order valence-corrected chi connectivity index (χ0v) is 12.4. The number of hydrogen-bond acceptors (Lipinski definition) is 4. The molecule has 0 saturated carbocycles. The van der Waals surface area contributed by atoms with Gasteiger partial charge in [0.1, 0.15) is 17.9 Å². The highest BCUT2D eigenvalue weighted by Gasteiger charge is 2.26. The average Bonchev–Trinajstić information content (AvgIpc) is 3.01. The van der Waals surface area contributed by atoms with Crippen LogP contribution in [0, 0.1) is 10.1 Å². The monoisotopic (exact) mass is 290 g/mol. The molecule has 0 radical (unpaired) electrons. The van der Waals surface area contributed by atoms with E-state index in [-0.39, 0.29) is 18.0 Å². The van der Waals surface area contributed by atoms with E-state index in [1.165, 1.54) is 4.68 Å². The van der Waals surface area contributed by atoms with Crippen LogP contribution in [0.5, 0.6) is 0 Å². The number of hydrogen-bond donors (Lipinski definition) is 0. The summed E-state index contributed by atoms with van der Waals surface area (Å²) in [6.07, 6.45) is 2.72. The molecule has 0 bridgehead atoms. The molecule has 0 saturated heterocycles. The van der Waals surface area contributed by atoms with Crippen LogP contribution in [0.4, 0.5) is 5.69 Å². The summed E-state index contributed by atoms with van der Waals surface area (Å²) in [6.45, 7) is 3.66. The van der Waals surface area contributed by atoms with Gasteiger partial charge < -0.3 is 4.57 Å². The molecule has 21 heavy (non-hydrogen) atoms. The lowest BCUT2D eigenvalue weighted by Gasteiger charge is -2.05. The van der Waals surface area contributed by atoms with E-state index >= 15 is 0 Å². The molecule has 0 N–H and O–H groups in total. The van der Waals surface area contributed by atoms with Crippen LogP contribution in [-0.4, -0.2) is 25.1 Å². The number of nitrogens with zero attached hydrogens (tertiary/aromatic N) is 4. The van der Waals surface area contributed by atoms with Crippen molar-refractivity contribution in [1.82, 2.24) is 14.3 Å². The van der Waals surface area contributed by atoms with Gasteiger partial charge in [0, 0.05) is 13.2 Å². The Bertz CT molecular complexity index is 684. The first-order chi connectivity index (χ1) is 9.99. The first kappa shape index (κ1) is 15.0. The Morgan fingerprint density at radius 3 is 2.57 bits per heavy atom. The molecule has 0 unspecified atom stereocenters. The van der Waals surface area contributed by atoms with E-state index in [9.17, 15) is 14.9 Å². The molecular weight excluding hydrogens is 272 g/mol. The van der Waals surface area contributed by atoms with E-state index in [0.29, 0.717) is 29.9 Å². The minimum atomic E-state index is -0.409. The van der Waals surface area contributed by atoms with Crippen molar-refractivity contribution in [2.24, 2.45) is 7.05 Å². The average molecular weight is 290 g/mol. The fraction of sp³-hybridized carbons (Fsp3) is 0.429. The van der Waals surface area contributed by atoms with Gasteiger partial charge in [-0.25, -0.2) is 0 Å². The quantitative estimate of drug-likeness (QED) is 0.463. The SMILES string of the molecule is CCc1nn(CC(=O)c2cccn2C)c(CC)c1[N+](=O)[O-]. The summed E-state index contributed by atoms with van der Waals surface area (Å²) < 4.78 is 3.19. The van der Waals surface area contributed by atoms with Gasteiger partial charge in [-0.15, -0.1) is 0 Å². The van der Waals surface area contributed by atoms with E-state index in [1.807, 2.05) is 13.8 Å². The summed E-state index contributed by atoms with van der Waals surface area (Å²) in [6, 6.07) is 3.52. The highest BCUT2D eigenvalue weighted by atomic mass is 16.6. The van der Waals surface area contributed by atoms with Crippen LogP contribution >= 0.6 is 0 Å². The predicted molar refractivity (Wildman–Crippen MR) is 77.4 cm³/mol. The molecule has 0 aromatic carbocycles. The molecule has 2 aromatic rings. The zero-order chi connectivity index (χ0) is 15.6. The molecule has 2 rings (SSSR count). The minimum absolute atomic E-state index is 0.0157. The predicted octanol–water partition coefficient (Wildman–Crippen LogP) is 2.14. The van der Waals surface area contributed by atoms with E-state index in [1.54, 1.807) is 29.9 Å². The van der Waals surface area contributed by atoms with Crippen molar-refractivity contribution < 1.29 is 9.72 Å². The molecule has 0 spiro atoms. The van der Waals surface area contributed by atoms with Crippen molar-refractivity contribution >= 4 is 11.5 Å². The van der Waals surface area contributed by atoms with Gasteiger partial charge in [-0.2, -0.15) is 5.10 Å². The van der Waals surface area contributed by atoms with Gasteiger partial charge in [-0.3, -0.25) is 19.6 Å². The van der Waals surface area contributed by atoms with Gasteiger partial charge in [0.05, 0.1) is 10.6 Å². The smallest absolute Gasteiger partial charge is 0.313 e. The summed E-state index contributed by atoms with van der Waals surface area (Å²) >= 11 is 0. The van der Waals surface area contributed by atoms with E-state index in [4.69, 9.17) is 0 Å². The summed E-state index contributed by atoms with van der Waals surface area (Å²) in [5.74, 6) is -0.114. The second kappa shape index (κ2) is 5.90. The van der Waals surface area contributed by atoms with E-state index < -0.39 is 4.92 Å². The lowest BCUT2D eigenvalue weighted by molar-refractivity contribution is -0.386. The third kappa shape index (κ3) is 2.72. The number of ketones is 1. The number of aryl methyl sites for hydroxylation is 2. The molecule has 2 aromatic heterocycles. The van der Waals surface area contributed by atoms with Gasteiger partial charge >= 0.3 is 5.69 Å². The number of nitro groups is 1. The van der Waals surface area contributed by atoms with Crippen LogP contribution in [0.25, 0.3) is 0 Å². The first-order valence-electron chi connectivity index (χ1n) is 6.87. The number of carbonyl (C=O) groups is 1. The normalized spacial score (nSPS) is 10.8. The molecule has 112 valence electrons. The maximum Gasteiger partial charge on any atom is 0.313 e. The van der Waals surface area contributed by atoms with Gasteiger partial charge in [0.25, 0.3) is 0 Å². The Balaban J connectivity index is 2.38. The molecular formula is C14H18N4O3. The van der Waals surface area contributed by atoms with Crippen molar-refractivity contribution in [1.29, 1.82) is 0 Å². The number of aromatic nitrogens is 3. The first-order valence-corrected chi connectivity index (χ1v) is 6.87. The molecule has 0 atom stereocenters. The summed E-state index contributed by atoms with van der Waals surface area (Å²) in [5.41, 5.74) is 1.53. The van der Waals surface area contributed by atoms with Crippen molar-refractivity contribution in [3.63, 3.8) is 0 Å². The molecule has 7 nitrogen and oxygen atoms in total. The molecule has 0 aliphatic rings. The largest absolute Gasteiger partial charge is 0.348 e. The number of carbonyl (C=O) groups excluding carboxylic acids is 1. The van der Waals surface area contributed by atoms with Crippen molar-refractivity contribution in [2.45, 2.75) is 33.2 Å². The molecule has 0 fully saturated rings. The molecule has 7 heteroatoms. The summed E-state index contributed by atoms with van der Waals surface area (Å²) in [4.78, 5) is 23.1. The van der Waals surface area contributed by atoms with Gasteiger partial charge in [-0.1, -0.05) is 13.8 Å². The summed E-state index contributed by atoms with van der Waals surface area (Å²) in [5, 5.41) is 15.5. The van der Waals surface area contributed by atoms with Crippen molar-refractivity contribution in [2.75, 3.05) is 0 Å². The van der Waals surface area contributed by atoms with E-state index in [0.717, 1.165) is 0 Å². The van der Waals surface area contributed by atoms with Crippen LogP contribution < -0.4 is 0 Å². The summed E-state index contributed by atoms with van der Waals surface area (Å²) in [7, 11) is 1.79. The Labute approximate surface area is 122 Å². The molecule has 0 aliphatic carbocycles. The Hall–Kier alpha value is -2.44. The third-order valence-electron chi connectivity index (χ3n) is 3.47. The van der Waals surface area contributed by atoms with Crippen LogP contribution in [0.2, 0.25) is 0 Å². The highest BCUT2D eigenvalue weighted by molar-refractivity contribution is 5.94. The van der Waals surface area contributed by atoms with Crippen LogP contribution in [0.15, 0.2) is 18.3 Å². The van der Waals surface area contributed by atoms with Gasteiger partial charge in [0.2, 0.25) is 5.78 Å². The number of rotatable bonds is 6. The van der Waals surface area contributed by atoms with Crippen molar-refractivity contribution in [3.8, 4) is 0 Å². The second-order valence-electron chi connectivity index (χ2n) is 4.79. The van der Waals surface area contributed by atoms with Gasteiger partial charge in [-0.05, 0) is 25.0 Å². The Morgan fingerprint density at radius 2 is 2.10 bits per heavy atom. The topological polar surface area (TPSA) is 83.0 Å². The van der Waals surface area contributed by atoms with Crippen LogP contribution in [0.3, 0.4) is 0 Å². The fourth-order valence-electron chi connectivity index (χ4n) is 2.44. The maximum absolute atomic E-state index is 12.3. The van der Waals surface area contributed by atoms with Crippen LogP contribution in [-0.2, 0) is 26.4 Å². The third-order valence-corrected chi connectivity index (χ3v) is 3.47. The number of Topliss-reactive ketones (excluding diaryl/α,β-unsaturated/α-hetero) is 1. The molecule has 2 heterocycles. The second-order valence-corrected chi connectivity index (χ2v) is 4.79. The van der Waals surface area contributed by atoms with E-state index in [2.05, 4.69) is 5.10 Å². The standard InChI is InChI=1S/C14H18N4O3/c1-4-10-14(18(20)21)11(5-2)17(15-10)9-13(19)12-7-6-8-16(12)3/h6-8H,4-5,9H2,1-3H3. The maximum atomic E-state index is 12.3. The lowest BCUT2D eigenvalue weighted by Crippen LogP contribution is -2.16. The minimum Gasteiger partial charge on any atom is -0.348 e. The van der Waals surface area contributed by atoms with Crippen molar-refractivity contribution in [3.05, 3.63) is 45.5 Å². The lowest BCUT2D eigenvalue weighted by atomic mass is 10.2. The van der Waals surface area contributed by atoms with Gasteiger partial charge in [0.15, 0.2) is 0 Å². The van der Waals surface area contributed by atoms with Crippen LogP contribution in [0.1, 0.15) is 35.7 Å². The fourth-order valence-corrected chi connectivity index (χ4v) is 2.44. The molecule has 0 amide bonds. The molecule has 0 aliphatic heterocycles.